The van der Waals surface area contributed by atoms with Crippen LogP contribution in [0, 0.1) is 10.1 Å². The second-order valence-electron chi connectivity index (χ2n) is 5.44. The summed E-state index contributed by atoms with van der Waals surface area (Å²) in [5, 5.41) is 22.4. The van der Waals surface area contributed by atoms with E-state index in [-0.39, 0.29) is 17.3 Å². The summed E-state index contributed by atoms with van der Waals surface area (Å²) >= 11 is 10.2. The zero-order valence-electron chi connectivity index (χ0n) is 14.0. The van der Waals surface area contributed by atoms with Gasteiger partial charge in [0, 0.05) is 27.2 Å². The first kappa shape index (κ1) is 20.1. The summed E-state index contributed by atoms with van der Waals surface area (Å²) in [6.45, 7) is 0. The topological polar surface area (TPSA) is 129 Å². The van der Waals surface area contributed by atoms with Crippen molar-refractivity contribution >= 4 is 56.6 Å². The number of rotatable bonds is 6. The summed E-state index contributed by atoms with van der Waals surface area (Å²) in [5.74, 6) is 6.16. The zero-order chi connectivity index (χ0) is 20.3. The van der Waals surface area contributed by atoms with E-state index in [4.69, 9.17) is 17.4 Å². The number of thioether (sulfide) groups is 1. The highest BCUT2D eigenvalue weighted by Crippen LogP contribution is 2.28. The minimum atomic E-state index is -0.515. The lowest BCUT2D eigenvalue weighted by atomic mass is 10.2. The average molecular weight is 484 g/mol. The van der Waals surface area contributed by atoms with E-state index in [9.17, 15) is 14.9 Å². The van der Waals surface area contributed by atoms with E-state index in [1.807, 2.05) is 0 Å². The summed E-state index contributed by atoms with van der Waals surface area (Å²) in [5.41, 5.74) is 1.09. The van der Waals surface area contributed by atoms with Crippen molar-refractivity contribution in [1.82, 2.24) is 14.9 Å². The van der Waals surface area contributed by atoms with Gasteiger partial charge in [0.25, 0.3) is 5.69 Å². The van der Waals surface area contributed by atoms with Crippen molar-refractivity contribution in [2.75, 3.05) is 16.9 Å². The Morgan fingerprint density at radius 3 is 2.64 bits per heavy atom. The molecule has 0 radical (unpaired) electrons. The lowest BCUT2D eigenvalue weighted by Crippen LogP contribution is -2.16. The standard InChI is InChI=1S/C16H12BrClN6O3S/c17-12-7-11(24(26)27)5-6-13(12)20-14(25)8-28-16-22-21-15(23(16)19)9-1-3-10(18)4-2-9/h1-7H,8,19H2,(H,20,25). The smallest absolute Gasteiger partial charge is 0.270 e. The number of non-ortho nitro benzene ring substituents is 1. The number of nitrogens with zero attached hydrogens (tertiary/aromatic N) is 4. The molecule has 12 heteroatoms. The lowest BCUT2D eigenvalue weighted by molar-refractivity contribution is -0.384. The maximum atomic E-state index is 12.2. The second kappa shape index (κ2) is 8.59. The molecule has 3 rings (SSSR count). The number of aromatic nitrogens is 3. The number of amides is 1. The van der Waals surface area contributed by atoms with Crippen LogP contribution in [-0.4, -0.2) is 31.5 Å². The molecule has 0 spiro atoms. The molecule has 0 aliphatic heterocycles. The van der Waals surface area contributed by atoms with Crippen LogP contribution in [0.15, 0.2) is 52.1 Å². The van der Waals surface area contributed by atoms with Gasteiger partial charge in [-0.3, -0.25) is 14.9 Å². The Balaban J connectivity index is 1.64. The first-order valence-electron chi connectivity index (χ1n) is 7.68. The molecule has 1 amide bonds. The molecule has 0 bridgehead atoms. The minimum Gasteiger partial charge on any atom is -0.335 e. The van der Waals surface area contributed by atoms with Crippen LogP contribution in [0.2, 0.25) is 5.02 Å². The number of carbonyl (C=O) groups excluding carboxylic acids is 1. The van der Waals surface area contributed by atoms with Crippen molar-refractivity contribution in [2.24, 2.45) is 0 Å². The van der Waals surface area contributed by atoms with Gasteiger partial charge in [-0.25, -0.2) is 4.68 Å². The van der Waals surface area contributed by atoms with Crippen LogP contribution >= 0.6 is 39.3 Å². The van der Waals surface area contributed by atoms with Crippen molar-refractivity contribution < 1.29 is 9.72 Å². The molecule has 0 unspecified atom stereocenters. The number of nitrogens with one attached hydrogen (secondary N) is 1. The molecule has 9 nitrogen and oxygen atoms in total. The van der Waals surface area contributed by atoms with E-state index >= 15 is 0 Å². The highest BCUT2D eigenvalue weighted by molar-refractivity contribution is 9.10. The number of benzene rings is 2. The van der Waals surface area contributed by atoms with Crippen molar-refractivity contribution in [3.05, 3.63) is 62.1 Å². The molecule has 0 saturated heterocycles. The Morgan fingerprint density at radius 2 is 2.00 bits per heavy atom. The van der Waals surface area contributed by atoms with Crippen LogP contribution in [-0.2, 0) is 4.79 Å². The van der Waals surface area contributed by atoms with E-state index in [0.29, 0.717) is 26.2 Å². The third-order valence-electron chi connectivity index (χ3n) is 3.54. The number of halogens is 2. The van der Waals surface area contributed by atoms with E-state index in [0.717, 1.165) is 17.3 Å². The largest absolute Gasteiger partial charge is 0.335 e. The van der Waals surface area contributed by atoms with Gasteiger partial charge in [-0.15, -0.1) is 10.2 Å². The number of nitrogen functional groups attached to an aromatic ring is 1. The van der Waals surface area contributed by atoms with Gasteiger partial charge in [0.2, 0.25) is 11.1 Å². The summed E-state index contributed by atoms with van der Waals surface area (Å²) in [7, 11) is 0. The molecule has 28 heavy (non-hydrogen) atoms. The van der Waals surface area contributed by atoms with E-state index < -0.39 is 4.92 Å². The first-order valence-corrected chi connectivity index (χ1v) is 9.84. The normalized spacial score (nSPS) is 10.6. The fourth-order valence-corrected chi connectivity index (χ4v) is 3.45. The predicted octanol–water partition coefficient (Wildman–Crippen LogP) is 3.71. The Hall–Kier alpha value is -2.63. The molecule has 3 aromatic rings. The van der Waals surface area contributed by atoms with Crippen LogP contribution in [0.4, 0.5) is 11.4 Å². The summed E-state index contributed by atoms with van der Waals surface area (Å²) in [6.07, 6.45) is 0. The number of nitro benzene ring substituents is 1. The van der Waals surface area contributed by atoms with Gasteiger partial charge in [-0.05, 0) is 46.3 Å². The number of carbonyl (C=O) groups is 1. The SMILES string of the molecule is Nn1c(SCC(=O)Nc2ccc([N+](=O)[O-])cc2Br)nnc1-c1ccc(Cl)cc1. The summed E-state index contributed by atoms with van der Waals surface area (Å²) in [4.78, 5) is 22.4. The van der Waals surface area contributed by atoms with E-state index in [1.54, 1.807) is 24.3 Å². The molecule has 1 aromatic heterocycles. The Labute approximate surface area is 176 Å². The predicted molar refractivity (Wildman–Crippen MR) is 111 cm³/mol. The van der Waals surface area contributed by atoms with E-state index in [1.165, 1.54) is 22.9 Å². The number of nitrogens with two attached hydrogens (primary N) is 1. The van der Waals surface area contributed by atoms with Crippen molar-refractivity contribution in [2.45, 2.75) is 5.16 Å². The number of hydrogen-bond acceptors (Lipinski definition) is 7. The Kier molecular flexibility index (Phi) is 6.17. The first-order chi connectivity index (χ1) is 13.3. The number of nitro groups is 1. The van der Waals surface area contributed by atoms with Gasteiger partial charge in [-0.1, -0.05) is 23.4 Å². The quantitative estimate of drug-likeness (QED) is 0.236. The third kappa shape index (κ3) is 4.61. The average Bonchev–Trinajstić information content (AvgIpc) is 3.03. The van der Waals surface area contributed by atoms with Gasteiger partial charge in [0.15, 0.2) is 5.82 Å². The molecule has 2 aromatic carbocycles. The summed E-state index contributed by atoms with van der Waals surface area (Å²) in [6, 6.07) is 11.0. The van der Waals surface area contributed by atoms with Crippen LogP contribution in [0.5, 0.6) is 0 Å². The number of hydrogen-bond donors (Lipinski definition) is 2. The maximum absolute atomic E-state index is 12.2. The molecule has 1 heterocycles. The molecule has 144 valence electrons. The van der Waals surface area contributed by atoms with Gasteiger partial charge in [0.1, 0.15) is 0 Å². The van der Waals surface area contributed by atoms with Crippen molar-refractivity contribution in [1.29, 1.82) is 0 Å². The second-order valence-corrected chi connectivity index (χ2v) is 7.67. The van der Waals surface area contributed by atoms with Gasteiger partial charge >= 0.3 is 0 Å². The van der Waals surface area contributed by atoms with E-state index in [2.05, 4.69) is 31.4 Å². The third-order valence-corrected chi connectivity index (χ3v) is 5.39. The maximum Gasteiger partial charge on any atom is 0.270 e. The molecule has 3 N–H and O–H groups in total. The van der Waals surface area contributed by atoms with Crippen molar-refractivity contribution in [3.8, 4) is 11.4 Å². The Bertz CT molecular complexity index is 1040. The summed E-state index contributed by atoms with van der Waals surface area (Å²) < 4.78 is 1.70. The van der Waals surface area contributed by atoms with Crippen LogP contribution in [0.25, 0.3) is 11.4 Å². The molecule has 0 saturated carbocycles. The molecule has 0 aliphatic rings. The monoisotopic (exact) mass is 482 g/mol. The fourth-order valence-electron chi connectivity index (χ4n) is 2.21. The van der Waals surface area contributed by atoms with Crippen molar-refractivity contribution in [3.63, 3.8) is 0 Å². The van der Waals surface area contributed by atoms with Gasteiger partial charge in [-0.2, -0.15) is 0 Å². The molecular formula is C16H12BrClN6O3S. The molecule has 0 fully saturated rings. The molecule has 0 aliphatic carbocycles. The van der Waals surface area contributed by atoms with Crippen LogP contribution in [0.1, 0.15) is 0 Å². The molecule has 0 atom stereocenters. The number of anilines is 1. The van der Waals surface area contributed by atoms with Crippen LogP contribution in [0.3, 0.4) is 0 Å². The fraction of sp³-hybridized carbons (Fsp3) is 0.0625. The molecular weight excluding hydrogens is 472 g/mol. The highest BCUT2D eigenvalue weighted by atomic mass is 79.9. The van der Waals surface area contributed by atoms with Gasteiger partial charge in [0.05, 0.1) is 16.4 Å². The highest BCUT2D eigenvalue weighted by Gasteiger charge is 2.15. The van der Waals surface area contributed by atoms with Crippen LogP contribution < -0.4 is 11.2 Å². The Morgan fingerprint density at radius 1 is 1.29 bits per heavy atom. The zero-order valence-corrected chi connectivity index (χ0v) is 17.2. The van der Waals surface area contributed by atoms with Gasteiger partial charge < -0.3 is 11.2 Å². The lowest BCUT2D eigenvalue weighted by Gasteiger charge is -2.07. The minimum absolute atomic E-state index is 0.0272.